The Morgan fingerprint density at radius 1 is 1.32 bits per heavy atom. The number of carbonyl (C=O) groups excluding carboxylic acids is 1. The monoisotopic (exact) mass is 324 g/mol. The summed E-state index contributed by atoms with van der Waals surface area (Å²) in [6, 6.07) is 6.24. The Kier molecular flexibility index (Phi) is 6.06. The van der Waals surface area contributed by atoms with Crippen molar-refractivity contribution in [3.05, 3.63) is 39.9 Å². The Hall–Kier alpha value is -1.76. The molecular weight excluding hydrogens is 304 g/mol. The van der Waals surface area contributed by atoms with E-state index in [1.165, 1.54) is 18.6 Å². The summed E-state index contributed by atoms with van der Waals surface area (Å²) in [7, 11) is -1.36. The third-order valence-corrected chi connectivity index (χ3v) is 4.95. The SMILES string of the molecule is O=C(C[S@@](=O)Cc1cccc([N+](=O)[O-])c1)NC1CCCCC1. The fraction of sp³-hybridized carbons (Fsp3) is 0.533. The number of nitrogens with zero attached hydrogens (tertiary/aromatic N) is 1. The lowest BCUT2D eigenvalue weighted by Gasteiger charge is -2.22. The van der Waals surface area contributed by atoms with Gasteiger partial charge in [0.15, 0.2) is 0 Å². The number of benzene rings is 1. The fourth-order valence-electron chi connectivity index (χ4n) is 2.66. The Bertz CT molecular complexity index is 570. The van der Waals surface area contributed by atoms with Gasteiger partial charge in [-0.3, -0.25) is 19.1 Å². The molecule has 0 bridgehead atoms. The normalized spacial score (nSPS) is 16.9. The largest absolute Gasteiger partial charge is 0.353 e. The highest BCUT2D eigenvalue weighted by Crippen LogP contribution is 2.17. The number of hydrogen-bond acceptors (Lipinski definition) is 4. The van der Waals surface area contributed by atoms with Crippen LogP contribution in [0.5, 0.6) is 0 Å². The Morgan fingerprint density at radius 2 is 2.05 bits per heavy atom. The van der Waals surface area contributed by atoms with Crippen LogP contribution in [0.1, 0.15) is 37.7 Å². The van der Waals surface area contributed by atoms with E-state index in [2.05, 4.69) is 5.32 Å². The maximum absolute atomic E-state index is 12.0. The lowest BCUT2D eigenvalue weighted by atomic mass is 9.95. The minimum Gasteiger partial charge on any atom is -0.353 e. The molecule has 0 aromatic heterocycles. The smallest absolute Gasteiger partial charge is 0.269 e. The third-order valence-electron chi connectivity index (χ3n) is 3.71. The Labute approximate surface area is 131 Å². The second kappa shape index (κ2) is 8.03. The lowest BCUT2D eigenvalue weighted by Crippen LogP contribution is -2.38. The summed E-state index contributed by atoms with van der Waals surface area (Å²) < 4.78 is 12.0. The molecule has 2 rings (SSSR count). The number of hydrogen-bond donors (Lipinski definition) is 1. The molecule has 0 unspecified atom stereocenters. The molecule has 1 aliphatic carbocycles. The summed E-state index contributed by atoms with van der Waals surface area (Å²) in [5.74, 6) is -0.102. The van der Waals surface area contributed by atoms with Gasteiger partial charge in [0.25, 0.3) is 5.69 Å². The zero-order valence-corrected chi connectivity index (χ0v) is 13.1. The van der Waals surface area contributed by atoms with Gasteiger partial charge in [-0.2, -0.15) is 0 Å². The van der Waals surface area contributed by atoms with Crippen molar-refractivity contribution in [1.29, 1.82) is 0 Å². The minimum atomic E-state index is -1.36. The average molecular weight is 324 g/mol. The summed E-state index contributed by atoms with van der Waals surface area (Å²) in [5.41, 5.74) is 0.583. The number of nitro benzene ring substituents is 1. The van der Waals surface area contributed by atoms with Gasteiger partial charge in [-0.05, 0) is 18.4 Å². The Balaban J connectivity index is 1.83. The van der Waals surface area contributed by atoms with Crippen molar-refractivity contribution in [3.8, 4) is 0 Å². The number of carbonyl (C=O) groups is 1. The second-order valence-electron chi connectivity index (χ2n) is 5.56. The molecule has 1 atom stereocenters. The van der Waals surface area contributed by atoms with E-state index in [0.717, 1.165) is 25.7 Å². The maximum atomic E-state index is 12.0. The molecular formula is C15H20N2O4S. The van der Waals surface area contributed by atoms with E-state index >= 15 is 0 Å². The summed E-state index contributed by atoms with van der Waals surface area (Å²) in [6.45, 7) is 0. The molecule has 1 N–H and O–H groups in total. The molecule has 0 radical (unpaired) electrons. The van der Waals surface area contributed by atoms with Gasteiger partial charge in [-0.1, -0.05) is 31.4 Å². The van der Waals surface area contributed by atoms with Crippen LogP contribution < -0.4 is 5.32 Å². The van der Waals surface area contributed by atoms with Crippen LogP contribution in [0.2, 0.25) is 0 Å². The van der Waals surface area contributed by atoms with Crippen molar-refractivity contribution in [2.45, 2.75) is 43.9 Å². The quantitative estimate of drug-likeness (QED) is 0.642. The summed E-state index contributed by atoms with van der Waals surface area (Å²) in [4.78, 5) is 22.1. The molecule has 1 amide bonds. The second-order valence-corrected chi connectivity index (χ2v) is 7.01. The van der Waals surface area contributed by atoms with E-state index in [-0.39, 0.29) is 29.1 Å². The molecule has 0 aliphatic heterocycles. The Morgan fingerprint density at radius 3 is 2.73 bits per heavy atom. The number of rotatable bonds is 6. The first-order valence-corrected chi connectivity index (χ1v) is 8.91. The van der Waals surface area contributed by atoms with E-state index in [4.69, 9.17) is 0 Å². The van der Waals surface area contributed by atoms with Crippen molar-refractivity contribution in [3.63, 3.8) is 0 Å². The van der Waals surface area contributed by atoms with Crippen molar-refractivity contribution in [2.24, 2.45) is 0 Å². The van der Waals surface area contributed by atoms with Crippen LogP contribution in [0.25, 0.3) is 0 Å². The standard InChI is InChI=1S/C15H20N2O4S/c18-15(16-13-6-2-1-3-7-13)11-22(21)10-12-5-4-8-14(9-12)17(19)20/h4-5,8-9,13H,1-3,6-7,10-11H2,(H,16,18)/t22-/m0/s1. The van der Waals surface area contributed by atoms with Crippen molar-refractivity contribution in [2.75, 3.05) is 5.75 Å². The first-order chi connectivity index (χ1) is 10.5. The van der Waals surface area contributed by atoms with E-state index in [9.17, 15) is 19.1 Å². The molecule has 1 fully saturated rings. The topological polar surface area (TPSA) is 89.3 Å². The highest BCUT2D eigenvalue weighted by Gasteiger charge is 2.17. The maximum Gasteiger partial charge on any atom is 0.269 e. The zero-order valence-electron chi connectivity index (χ0n) is 12.3. The van der Waals surface area contributed by atoms with Crippen molar-refractivity contribution in [1.82, 2.24) is 5.32 Å². The average Bonchev–Trinajstić information content (AvgIpc) is 2.48. The first kappa shape index (κ1) is 16.6. The molecule has 0 spiro atoms. The highest BCUT2D eigenvalue weighted by atomic mass is 32.2. The van der Waals surface area contributed by atoms with Gasteiger partial charge in [0.1, 0.15) is 5.75 Å². The molecule has 1 aliphatic rings. The van der Waals surface area contributed by atoms with Gasteiger partial charge in [0.05, 0.1) is 4.92 Å². The van der Waals surface area contributed by atoms with Gasteiger partial charge in [-0.25, -0.2) is 0 Å². The summed E-state index contributed by atoms with van der Waals surface area (Å²) in [5, 5.41) is 13.6. The predicted molar refractivity (Wildman–Crippen MR) is 84.8 cm³/mol. The highest BCUT2D eigenvalue weighted by molar-refractivity contribution is 7.84. The molecule has 22 heavy (non-hydrogen) atoms. The molecule has 0 heterocycles. The van der Waals surface area contributed by atoms with Gasteiger partial charge >= 0.3 is 0 Å². The number of non-ortho nitro benzene ring substituents is 1. The predicted octanol–water partition coefficient (Wildman–Crippen LogP) is 2.29. The molecule has 0 saturated heterocycles. The summed E-state index contributed by atoms with van der Waals surface area (Å²) >= 11 is 0. The minimum absolute atomic E-state index is 0.0267. The number of nitrogens with one attached hydrogen (secondary N) is 1. The van der Waals surface area contributed by atoms with Crippen LogP contribution in [0.4, 0.5) is 5.69 Å². The van der Waals surface area contributed by atoms with Crippen LogP contribution in [-0.4, -0.2) is 26.8 Å². The van der Waals surface area contributed by atoms with Gasteiger partial charge in [-0.15, -0.1) is 0 Å². The van der Waals surface area contributed by atoms with E-state index in [0.29, 0.717) is 5.56 Å². The van der Waals surface area contributed by atoms with Crippen LogP contribution in [0.15, 0.2) is 24.3 Å². The van der Waals surface area contributed by atoms with Crippen molar-refractivity contribution >= 4 is 22.4 Å². The number of amides is 1. The molecule has 120 valence electrons. The van der Waals surface area contributed by atoms with Crippen LogP contribution >= 0.6 is 0 Å². The van der Waals surface area contributed by atoms with E-state index in [1.54, 1.807) is 12.1 Å². The lowest BCUT2D eigenvalue weighted by molar-refractivity contribution is -0.384. The fourth-order valence-corrected chi connectivity index (χ4v) is 3.69. The molecule has 1 saturated carbocycles. The summed E-state index contributed by atoms with van der Waals surface area (Å²) in [6.07, 6.45) is 5.45. The zero-order chi connectivity index (χ0) is 15.9. The van der Waals surface area contributed by atoms with Gasteiger partial charge in [0.2, 0.25) is 5.91 Å². The van der Waals surface area contributed by atoms with E-state index < -0.39 is 15.7 Å². The van der Waals surface area contributed by atoms with Crippen LogP contribution in [0, 0.1) is 10.1 Å². The van der Waals surface area contributed by atoms with Crippen molar-refractivity contribution < 1.29 is 13.9 Å². The molecule has 1 aromatic rings. The molecule has 7 heteroatoms. The van der Waals surface area contributed by atoms with Crippen LogP contribution in [0.3, 0.4) is 0 Å². The first-order valence-electron chi connectivity index (χ1n) is 7.42. The van der Waals surface area contributed by atoms with Gasteiger partial charge < -0.3 is 5.32 Å². The van der Waals surface area contributed by atoms with E-state index in [1.807, 2.05) is 0 Å². The van der Waals surface area contributed by atoms with Gasteiger partial charge in [0, 0.05) is 34.7 Å². The third kappa shape index (κ3) is 5.22. The van der Waals surface area contributed by atoms with Crippen LogP contribution in [-0.2, 0) is 21.3 Å². The molecule has 1 aromatic carbocycles. The molecule has 6 nitrogen and oxygen atoms in total. The number of nitro groups is 1.